The Hall–Kier alpha value is -2.83. The van der Waals surface area contributed by atoms with Crippen molar-refractivity contribution in [2.45, 2.75) is 6.92 Å². The summed E-state index contributed by atoms with van der Waals surface area (Å²) >= 11 is 6.02. The molecule has 7 heteroatoms. The summed E-state index contributed by atoms with van der Waals surface area (Å²) in [5.74, 6) is -0.200. The zero-order valence-corrected chi connectivity index (χ0v) is 16.7. The highest BCUT2D eigenvalue weighted by molar-refractivity contribution is 6.45. The minimum Gasteiger partial charge on any atom is -0.497 e. The maximum Gasteiger partial charge on any atom is 0.282 e. The molecule has 2 amide bonds. The van der Waals surface area contributed by atoms with Gasteiger partial charge in [-0.1, -0.05) is 23.7 Å². The molecule has 1 aliphatic rings. The number of nitrogens with zero attached hydrogens (tertiary/aromatic N) is 2. The van der Waals surface area contributed by atoms with Crippen LogP contribution in [0.25, 0.3) is 5.57 Å². The highest BCUT2D eigenvalue weighted by Crippen LogP contribution is 2.36. The molecule has 0 radical (unpaired) electrons. The van der Waals surface area contributed by atoms with Gasteiger partial charge in [0.25, 0.3) is 11.8 Å². The summed E-state index contributed by atoms with van der Waals surface area (Å²) in [4.78, 5) is 29.3. The maximum atomic E-state index is 13.3. The van der Waals surface area contributed by atoms with Crippen LogP contribution in [0.4, 0.5) is 5.69 Å². The Morgan fingerprint density at radius 3 is 2.36 bits per heavy atom. The molecule has 0 atom stereocenters. The van der Waals surface area contributed by atoms with E-state index in [1.807, 2.05) is 0 Å². The van der Waals surface area contributed by atoms with Crippen LogP contribution in [-0.4, -0.2) is 49.1 Å². The molecule has 0 bridgehead atoms. The average molecular weight is 401 g/mol. The topological polar surface area (TPSA) is 70.1 Å². The Morgan fingerprint density at radius 2 is 1.79 bits per heavy atom. The molecule has 0 saturated heterocycles. The van der Waals surface area contributed by atoms with E-state index < -0.39 is 11.8 Å². The third-order valence-corrected chi connectivity index (χ3v) is 4.89. The first-order chi connectivity index (χ1) is 13.4. The number of aliphatic hydroxyl groups excluding tert-OH is 1. The number of hydrogen-bond donors (Lipinski definition) is 1. The van der Waals surface area contributed by atoms with Crippen molar-refractivity contribution in [1.82, 2.24) is 4.90 Å². The predicted molar refractivity (Wildman–Crippen MR) is 108 cm³/mol. The number of aliphatic hydroxyl groups is 1. The zero-order valence-electron chi connectivity index (χ0n) is 15.9. The Kier molecular flexibility index (Phi) is 5.72. The minimum atomic E-state index is -0.433. The quantitative estimate of drug-likeness (QED) is 0.755. The van der Waals surface area contributed by atoms with Crippen molar-refractivity contribution in [3.8, 4) is 5.75 Å². The number of likely N-dealkylation sites (N-methyl/N-ethyl adjacent to an activating group) is 1. The van der Waals surface area contributed by atoms with Crippen LogP contribution in [0, 0.1) is 6.92 Å². The molecule has 28 heavy (non-hydrogen) atoms. The van der Waals surface area contributed by atoms with Crippen molar-refractivity contribution in [3.05, 3.63) is 64.3 Å². The van der Waals surface area contributed by atoms with Crippen molar-refractivity contribution in [2.24, 2.45) is 0 Å². The maximum absolute atomic E-state index is 13.3. The molecule has 0 unspecified atom stereocenters. The summed E-state index contributed by atoms with van der Waals surface area (Å²) in [5.41, 5.74) is 2.34. The summed E-state index contributed by atoms with van der Waals surface area (Å²) in [6, 6.07) is 12.0. The van der Waals surface area contributed by atoms with Gasteiger partial charge in [-0.3, -0.25) is 9.59 Å². The van der Waals surface area contributed by atoms with Gasteiger partial charge in [0, 0.05) is 18.6 Å². The SMILES string of the molecule is COc1ccc(C2=C(N(C)CCO)C(=O)N(c3ccc(Cl)cc3C)C2=O)cc1. The molecule has 0 aliphatic carbocycles. The number of carbonyl (C=O) groups is 2. The van der Waals surface area contributed by atoms with E-state index >= 15 is 0 Å². The number of benzene rings is 2. The molecule has 146 valence electrons. The van der Waals surface area contributed by atoms with E-state index in [-0.39, 0.29) is 24.4 Å². The fraction of sp³-hybridized carbons (Fsp3) is 0.238. The molecule has 0 fully saturated rings. The van der Waals surface area contributed by atoms with Gasteiger partial charge in [-0.2, -0.15) is 0 Å². The van der Waals surface area contributed by atoms with Crippen LogP contribution in [0.2, 0.25) is 5.02 Å². The van der Waals surface area contributed by atoms with Gasteiger partial charge in [0.2, 0.25) is 0 Å². The Labute approximate surface area is 168 Å². The standard InChI is InChI=1S/C21H21ClN2O4/c1-13-12-15(22)6-9-17(13)24-20(26)18(14-4-7-16(28-3)8-5-14)19(21(24)27)23(2)10-11-25/h4-9,12,25H,10-11H2,1-3H3. The summed E-state index contributed by atoms with van der Waals surface area (Å²) < 4.78 is 5.18. The van der Waals surface area contributed by atoms with Crippen molar-refractivity contribution < 1.29 is 19.4 Å². The van der Waals surface area contributed by atoms with E-state index in [0.717, 1.165) is 4.90 Å². The van der Waals surface area contributed by atoms with Gasteiger partial charge in [-0.15, -0.1) is 0 Å². The molecule has 0 spiro atoms. The number of anilines is 1. The first kappa shape index (κ1) is 19.9. The summed E-state index contributed by atoms with van der Waals surface area (Å²) in [5, 5.41) is 9.86. The Bertz CT molecular complexity index is 953. The minimum absolute atomic E-state index is 0.142. The molecule has 1 heterocycles. The lowest BCUT2D eigenvalue weighted by atomic mass is 10.0. The molecule has 6 nitrogen and oxygen atoms in total. The van der Waals surface area contributed by atoms with Gasteiger partial charge >= 0.3 is 0 Å². The van der Waals surface area contributed by atoms with Crippen LogP contribution in [0.3, 0.4) is 0 Å². The van der Waals surface area contributed by atoms with Crippen LogP contribution in [0.5, 0.6) is 5.75 Å². The molecule has 2 aromatic rings. The number of halogens is 1. The lowest BCUT2D eigenvalue weighted by molar-refractivity contribution is -0.120. The number of ether oxygens (including phenoxy) is 1. The number of hydrogen-bond acceptors (Lipinski definition) is 5. The normalized spacial score (nSPS) is 14.1. The summed E-state index contributed by atoms with van der Waals surface area (Å²) in [7, 11) is 3.24. The highest BCUT2D eigenvalue weighted by Gasteiger charge is 2.42. The van der Waals surface area contributed by atoms with Gasteiger partial charge in [0.1, 0.15) is 11.4 Å². The second-order valence-electron chi connectivity index (χ2n) is 6.47. The van der Waals surface area contributed by atoms with Crippen LogP contribution in [0.15, 0.2) is 48.2 Å². The van der Waals surface area contributed by atoms with Crippen molar-refractivity contribution in [1.29, 1.82) is 0 Å². The first-order valence-corrected chi connectivity index (χ1v) is 9.12. The van der Waals surface area contributed by atoms with Gasteiger partial charge in [0.15, 0.2) is 0 Å². The number of amides is 2. The summed E-state index contributed by atoms with van der Waals surface area (Å²) in [6.07, 6.45) is 0. The van der Waals surface area contributed by atoms with Crippen LogP contribution in [-0.2, 0) is 9.59 Å². The van der Waals surface area contributed by atoms with E-state index in [1.54, 1.807) is 68.4 Å². The fourth-order valence-electron chi connectivity index (χ4n) is 3.24. The molecule has 0 aromatic heterocycles. The average Bonchev–Trinajstić information content (AvgIpc) is 2.93. The number of rotatable bonds is 6. The predicted octanol–water partition coefficient (Wildman–Crippen LogP) is 2.87. The van der Waals surface area contributed by atoms with Crippen molar-refractivity contribution >= 4 is 34.7 Å². The van der Waals surface area contributed by atoms with Crippen LogP contribution < -0.4 is 9.64 Å². The lowest BCUT2D eigenvalue weighted by Gasteiger charge is -2.21. The van der Waals surface area contributed by atoms with Gasteiger partial charge < -0.3 is 14.7 Å². The van der Waals surface area contributed by atoms with Crippen LogP contribution in [0.1, 0.15) is 11.1 Å². The zero-order chi connectivity index (χ0) is 20.4. The van der Waals surface area contributed by atoms with E-state index in [9.17, 15) is 14.7 Å². The van der Waals surface area contributed by atoms with Crippen LogP contribution >= 0.6 is 11.6 Å². The van der Waals surface area contributed by atoms with Gasteiger partial charge in [-0.05, 0) is 48.4 Å². The number of imide groups is 1. The lowest BCUT2D eigenvalue weighted by Crippen LogP contribution is -2.35. The van der Waals surface area contributed by atoms with Crippen molar-refractivity contribution in [2.75, 3.05) is 32.2 Å². The number of carbonyl (C=O) groups excluding carboxylic acids is 2. The smallest absolute Gasteiger partial charge is 0.282 e. The molecule has 3 rings (SSSR count). The van der Waals surface area contributed by atoms with Gasteiger partial charge in [-0.25, -0.2) is 4.90 Å². The summed E-state index contributed by atoms with van der Waals surface area (Å²) in [6.45, 7) is 1.88. The fourth-order valence-corrected chi connectivity index (χ4v) is 3.47. The Morgan fingerprint density at radius 1 is 1.11 bits per heavy atom. The molecular formula is C21H21ClN2O4. The third-order valence-electron chi connectivity index (χ3n) is 4.65. The van der Waals surface area contributed by atoms with Crippen molar-refractivity contribution in [3.63, 3.8) is 0 Å². The number of aryl methyl sites for hydroxylation is 1. The molecular weight excluding hydrogens is 380 g/mol. The van der Waals surface area contributed by atoms with Gasteiger partial charge in [0.05, 0.1) is 25.0 Å². The van der Waals surface area contributed by atoms with E-state index in [0.29, 0.717) is 27.6 Å². The molecule has 1 N–H and O–H groups in total. The van der Waals surface area contributed by atoms with E-state index in [2.05, 4.69) is 0 Å². The van der Waals surface area contributed by atoms with E-state index in [1.165, 1.54) is 0 Å². The highest BCUT2D eigenvalue weighted by atomic mass is 35.5. The Balaban J connectivity index is 2.13. The largest absolute Gasteiger partial charge is 0.497 e. The molecule has 0 saturated carbocycles. The molecule has 2 aromatic carbocycles. The van der Waals surface area contributed by atoms with E-state index in [4.69, 9.17) is 16.3 Å². The second-order valence-corrected chi connectivity index (χ2v) is 6.91. The first-order valence-electron chi connectivity index (χ1n) is 8.74. The third kappa shape index (κ3) is 3.48. The second kappa shape index (κ2) is 8.04. The monoisotopic (exact) mass is 400 g/mol. The molecule has 1 aliphatic heterocycles. The number of methoxy groups -OCH3 is 1.